The van der Waals surface area contributed by atoms with E-state index >= 15 is 0 Å². The Labute approximate surface area is 150 Å². The van der Waals surface area contributed by atoms with Crippen molar-refractivity contribution in [3.8, 4) is 0 Å². The van der Waals surface area contributed by atoms with Gasteiger partial charge in [0.15, 0.2) is 5.90 Å². The maximum atomic E-state index is 12.3. The van der Waals surface area contributed by atoms with Gasteiger partial charge in [-0.3, -0.25) is 13.9 Å². The van der Waals surface area contributed by atoms with E-state index in [9.17, 15) is 9.59 Å². The minimum absolute atomic E-state index is 0.0208. The molecule has 1 aromatic heterocycles. The van der Waals surface area contributed by atoms with Gasteiger partial charge < -0.3 is 9.84 Å². The Bertz CT molecular complexity index is 645. The third-order valence-electron chi connectivity index (χ3n) is 3.28. The number of aromatic nitrogens is 2. The van der Waals surface area contributed by atoms with E-state index in [0.717, 1.165) is 17.4 Å². The molecular formula is C18H33N3O4. The van der Waals surface area contributed by atoms with Crippen LogP contribution >= 0.6 is 0 Å². The molecule has 1 aromatic rings. The number of aliphatic hydroxyl groups excluding tert-OH is 1. The molecule has 1 heterocycles. The zero-order chi connectivity index (χ0) is 19.4. The maximum Gasteiger partial charge on any atom is 0.332 e. The summed E-state index contributed by atoms with van der Waals surface area (Å²) in [5.41, 5.74) is -0.858. The van der Waals surface area contributed by atoms with E-state index in [-0.39, 0.29) is 25.1 Å². The van der Waals surface area contributed by atoms with Crippen LogP contribution in [0, 0.1) is 0 Å². The third-order valence-corrected chi connectivity index (χ3v) is 3.28. The number of unbranched alkanes of at least 4 members (excludes halogenated alkanes) is 1. The van der Waals surface area contributed by atoms with Crippen LogP contribution < -0.4 is 11.2 Å². The van der Waals surface area contributed by atoms with E-state index < -0.39 is 11.2 Å². The lowest BCUT2D eigenvalue weighted by molar-refractivity contribution is 0.221. The van der Waals surface area contributed by atoms with Crippen molar-refractivity contribution >= 4 is 11.7 Å². The second-order valence-electron chi connectivity index (χ2n) is 5.69. The second-order valence-corrected chi connectivity index (χ2v) is 5.69. The fourth-order valence-electron chi connectivity index (χ4n) is 2.07. The zero-order valence-corrected chi connectivity index (χ0v) is 16.4. The first kappa shape index (κ1) is 23.1. The van der Waals surface area contributed by atoms with Crippen molar-refractivity contribution in [2.45, 2.75) is 73.0 Å². The smallest absolute Gasteiger partial charge is 0.332 e. The predicted octanol–water partition coefficient (Wildman–Crippen LogP) is 2.60. The van der Waals surface area contributed by atoms with Gasteiger partial charge in [-0.25, -0.2) is 4.79 Å². The van der Waals surface area contributed by atoms with Crippen molar-refractivity contribution in [3.63, 3.8) is 0 Å². The highest BCUT2D eigenvalue weighted by molar-refractivity contribution is 5.78. The summed E-state index contributed by atoms with van der Waals surface area (Å²) >= 11 is 0. The Kier molecular flexibility index (Phi) is 11.5. The van der Waals surface area contributed by atoms with Gasteiger partial charge in [0.1, 0.15) is 5.82 Å². The number of hydrogen-bond acceptors (Lipinski definition) is 5. The lowest BCUT2D eigenvalue weighted by Gasteiger charge is -2.14. The van der Waals surface area contributed by atoms with Crippen LogP contribution in [0.5, 0.6) is 0 Å². The molecule has 0 saturated carbocycles. The molecule has 0 aliphatic heterocycles. The lowest BCUT2D eigenvalue weighted by atomic mass is 10.2. The Hall–Kier alpha value is -1.89. The van der Waals surface area contributed by atoms with Gasteiger partial charge >= 0.3 is 5.69 Å². The molecule has 0 unspecified atom stereocenters. The van der Waals surface area contributed by atoms with E-state index in [1.165, 1.54) is 10.6 Å². The van der Waals surface area contributed by atoms with Gasteiger partial charge in [-0.2, -0.15) is 4.99 Å². The summed E-state index contributed by atoms with van der Waals surface area (Å²) in [5.74, 6) is 0.816. The van der Waals surface area contributed by atoms with E-state index in [2.05, 4.69) is 11.9 Å². The molecule has 1 N–H and O–H groups in total. The highest BCUT2D eigenvalue weighted by Gasteiger charge is 2.10. The highest BCUT2D eigenvalue weighted by atomic mass is 16.5. The summed E-state index contributed by atoms with van der Waals surface area (Å²) < 4.78 is 8.11. The van der Waals surface area contributed by atoms with Crippen molar-refractivity contribution in [1.82, 2.24) is 9.13 Å². The normalized spacial score (nSPS) is 11.3. The molecule has 0 saturated heterocycles. The van der Waals surface area contributed by atoms with E-state index in [0.29, 0.717) is 18.7 Å². The maximum absolute atomic E-state index is 12.3. The minimum Gasteiger partial charge on any atom is -0.478 e. The molecule has 0 atom stereocenters. The van der Waals surface area contributed by atoms with Gasteiger partial charge in [-0.1, -0.05) is 27.2 Å². The lowest BCUT2D eigenvalue weighted by Crippen LogP contribution is -2.38. The molecule has 0 spiro atoms. The highest BCUT2D eigenvalue weighted by Crippen LogP contribution is 2.10. The zero-order valence-electron chi connectivity index (χ0n) is 16.4. The molecule has 0 aliphatic rings. The Morgan fingerprint density at radius 1 is 1.28 bits per heavy atom. The number of aliphatic imine (C=N–C) groups is 1. The van der Waals surface area contributed by atoms with Crippen LogP contribution in [-0.4, -0.2) is 32.8 Å². The van der Waals surface area contributed by atoms with Gasteiger partial charge in [-0.05, 0) is 26.7 Å². The van der Waals surface area contributed by atoms with Gasteiger partial charge in [0, 0.05) is 32.7 Å². The van der Waals surface area contributed by atoms with Crippen LogP contribution in [0.25, 0.3) is 0 Å². The summed E-state index contributed by atoms with van der Waals surface area (Å²) in [5, 5.41) is 8.86. The molecule has 7 heteroatoms. The molecule has 144 valence electrons. The molecule has 0 bridgehead atoms. The van der Waals surface area contributed by atoms with E-state index in [1.807, 2.05) is 27.7 Å². The summed E-state index contributed by atoms with van der Waals surface area (Å²) in [6, 6.07) is 1.33. The first-order valence-electron chi connectivity index (χ1n) is 9.06. The third kappa shape index (κ3) is 7.69. The summed E-state index contributed by atoms with van der Waals surface area (Å²) in [4.78, 5) is 28.7. The topological polar surface area (TPSA) is 85.8 Å². The standard InChI is InChI=1S/C16H27N3O4.C2H6/c1-5-6-8-14(23-12(2)3)17-13-11-15(21)19(9-7-10-20)16(22)18(13)4;1-2/h11-12,20H,5-10H2,1-4H3;1-2H3/b17-14+;. The molecule has 25 heavy (non-hydrogen) atoms. The van der Waals surface area contributed by atoms with E-state index in [1.54, 1.807) is 7.05 Å². The Morgan fingerprint density at radius 3 is 2.44 bits per heavy atom. The average Bonchev–Trinajstić information content (AvgIpc) is 2.58. The fraction of sp³-hybridized carbons (Fsp3) is 0.722. The van der Waals surface area contributed by atoms with Crippen molar-refractivity contribution in [1.29, 1.82) is 0 Å². The predicted molar refractivity (Wildman–Crippen MR) is 102 cm³/mol. The van der Waals surface area contributed by atoms with Gasteiger partial charge in [0.05, 0.1) is 6.10 Å². The van der Waals surface area contributed by atoms with Crippen LogP contribution in [-0.2, 0) is 18.3 Å². The van der Waals surface area contributed by atoms with Crippen molar-refractivity contribution in [3.05, 3.63) is 26.9 Å². The van der Waals surface area contributed by atoms with Crippen LogP contribution in [0.3, 0.4) is 0 Å². The number of nitrogens with zero attached hydrogens (tertiary/aromatic N) is 3. The monoisotopic (exact) mass is 355 g/mol. The second kappa shape index (κ2) is 12.5. The summed E-state index contributed by atoms with van der Waals surface area (Å²) in [7, 11) is 1.57. The molecule has 0 radical (unpaired) electrons. The molecule has 0 amide bonds. The Morgan fingerprint density at radius 2 is 1.92 bits per heavy atom. The van der Waals surface area contributed by atoms with Crippen LogP contribution in [0.15, 0.2) is 20.6 Å². The molecule has 0 aliphatic carbocycles. The number of aliphatic hydroxyl groups is 1. The quantitative estimate of drug-likeness (QED) is 0.574. The minimum atomic E-state index is -0.441. The fourth-order valence-corrected chi connectivity index (χ4v) is 2.07. The molecule has 0 fully saturated rings. The SMILES string of the molecule is CC.CCCC/C(=N\c1cc(=O)n(CCCO)c(=O)n1C)OC(C)C. The van der Waals surface area contributed by atoms with Crippen LogP contribution in [0.2, 0.25) is 0 Å². The van der Waals surface area contributed by atoms with Gasteiger partial charge in [-0.15, -0.1) is 0 Å². The number of hydrogen-bond donors (Lipinski definition) is 1. The molecular weight excluding hydrogens is 322 g/mol. The first-order valence-corrected chi connectivity index (χ1v) is 9.06. The average molecular weight is 355 g/mol. The first-order chi connectivity index (χ1) is 11.9. The largest absolute Gasteiger partial charge is 0.478 e. The number of ether oxygens (including phenoxy) is 1. The van der Waals surface area contributed by atoms with Crippen molar-refractivity contribution in [2.75, 3.05) is 6.61 Å². The molecule has 0 aromatic carbocycles. The van der Waals surface area contributed by atoms with Crippen molar-refractivity contribution < 1.29 is 9.84 Å². The van der Waals surface area contributed by atoms with Crippen molar-refractivity contribution in [2.24, 2.45) is 12.0 Å². The summed E-state index contributed by atoms with van der Waals surface area (Å²) in [6.45, 7) is 10.0. The molecule has 7 nitrogen and oxygen atoms in total. The van der Waals surface area contributed by atoms with Gasteiger partial charge in [0.25, 0.3) is 5.56 Å². The van der Waals surface area contributed by atoms with Crippen LogP contribution in [0.4, 0.5) is 5.82 Å². The van der Waals surface area contributed by atoms with E-state index in [4.69, 9.17) is 9.84 Å². The van der Waals surface area contributed by atoms with Crippen LogP contribution in [0.1, 0.15) is 60.3 Å². The van der Waals surface area contributed by atoms with Gasteiger partial charge in [0.2, 0.25) is 0 Å². The summed E-state index contributed by atoms with van der Waals surface area (Å²) in [6.07, 6.45) is 2.93. The number of rotatable bonds is 8. The Balaban J connectivity index is 0.00000277. The molecule has 1 rings (SSSR count).